The van der Waals surface area contributed by atoms with Gasteiger partial charge in [0.15, 0.2) is 0 Å². The van der Waals surface area contributed by atoms with Crippen molar-refractivity contribution < 1.29 is 38.3 Å². The number of carbonyl (C=O) groups excluding carboxylic acids is 1. The standard InChI is InChI=1S/C39H68O8/c1-5-6-7-8-9-10-11-12-16-19-25-35(44-30-42-3)37-27-28-38(47-37)36(45-31-43-4)26-21-20-24-34(40)23-18-15-13-14-17-22-33-29-32(2)46-39(33)41/h29,32,34-38,40H,5-19,22-28,30-31H2,1-4H3/t32-,34+,35+,36+,37+,38+/m0/s1. The second-order valence-corrected chi connectivity index (χ2v) is 13.5. The van der Waals surface area contributed by atoms with Gasteiger partial charge in [-0.15, -0.1) is 11.8 Å². The number of aliphatic hydroxyl groups excluding tert-OH is 1. The van der Waals surface area contributed by atoms with E-state index in [9.17, 15) is 9.90 Å². The molecular formula is C39H68O8. The average Bonchev–Trinajstić information content (AvgIpc) is 3.68. The molecule has 0 spiro atoms. The van der Waals surface area contributed by atoms with Crippen molar-refractivity contribution in [3.63, 3.8) is 0 Å². The second kappa shape index (κ2) is 27.4. The Morgan fingerprint density at radius 2 is 1.30 bits per heavy atom. The smallest absolute Gasteiger partial charge is 0.334 e. The zero-order valence-corrected chi connectivity index (χ0v) is 30.3. The summed E-state index contributed by atoms with van der Waals surface area (Å²) in [6.07, 6.45) is 25.0. The maximum atomic E-state index is 11.7. The zero-order valence-electron chi connectivity index (χ0n) is 30.3. The molecule has 2 rings (SSSR count). The highest BCUT2D eigenvalue weighted by molar-refractivity contribution is 5.90. The summed E-state index contributed by atoms with van der Waals surface area (Å²) in [4.78, 5) is 11.7. The van der Waals surface area contributed by atoms with Crippen molar-refractivity contribution in [3.05, 3.63) is 11.6 Å². The first-order valence-corrected chi connectivity index (χ1v) is 18.9. The summed E-state index contributed by atoms with van der Waals surface area (Å²) in [7, 11) is 3.29. The molecule has 47 heavy (non-hydrogen) atoms. The van der Waals surface area contributed by atoms with Crippen molar-refractivity contribution in [2.75, 3.05) is 27.8 Å². The van der Waals surface area contributed by atoms with Gasteiger partial charge in [-0.1, -0.05) is 96.8 Å². The van der Waals surface area contributed by atoms with Crippen molar-refractivity contribution in [2.45, 2.75) is 192 Å². The summed E-state index contributed by atoms with van der Waals surface area (Å²) in [5, 5.41) is 10.4. The molecule has 0 amide bonds. The predicted octanol–water partition coefficient (Wildman–Crippen LogP) is 8.57. The highest BCUT2D eigenvalue weighted by Crippen LogP contribution is 2.30. The molecule has 0 aromatic carbocycles. The minimum absolute atomic E-state index is 0.0191. The predicted molar refractivity (Wildman–Crippen MR) is 187 cm³/mol. The van der Waals surface area contributed by atoms with Crippen molar-refractivity contribution >= 4 is 5.97 Å². The maximum Gasteiger partial charge on any atom is 0.334 e. The van der Waals surface area contributed by atoms with Crippen LogP contribution in [0.25, 0.3) is 0 Å². The molecule has 0 aromatic heterocycles. The van der Waals surface area contributed by atoms with Crippen LogP contribution in [-0.2, 0) is 33.2 Å². The van der Waals surface area contributed by atoms with Crippen LogP contribution in [-0.4, -0.2) is 75.5 Å². The highest BCUT2D eigenvalue weighted by Gasteiger charge is 2.36. The average molecular weight is 665 g/mol. The van der Waals surface area contributed by atoms with Crippen LogP contribution in [0.4, 0.5) is 0 Å². The number of ether oxygens (including phenoxy) is 6. The van der Waals surface area contributed by atoms with E-state index < -0.39 is 6.10 Å². The van der Waals surface area contributed by atoms with E-state index in [4.69, 9.17) is 28.4 Å². The van der Waals surface area contributed by atoms with Gasteiger partial charge >= 0.3 is 5.97 Å². The summed E-state index contributed by atoms with van der Waals surface area (Å²) in [5.41, 5.74) is 0.820. The van der Waals surface area contributed by atoms with Crippen LogP contribution in [0.1, 0.15) is 155 Å². The largest absolute Gasteiger partial charge is 0.455 e. The topological polar surface area (TPSA) is 92.7 Å². The molecule has 1 N–H and O–H groups in total. The third kappa shape index (κ3) is 19.3. The van der Waals surface area contributed by atoms with E-state index >= 15 is 0 Å². The van der Waals surface area contributed by atoms with Crippen molar-refractivity contribution in [1.29, 1.82) is 0 Å². The van der Waals surface area contributed by atoms with Gasteiger partial charge in [0.05, 0.1) is 30.5 Å². The Bertz CT molecular complexity index is 880. The number of hydrogen-bond donors (Lipinski definition) is 1. The van der Waals surface area contributed by atoms with Gasteiger partial charge in [0.25, 0.3) is 0 Å². The molecule has 0 aliphatic carbocycles. The lowest BCUT2D eigenvalue weighted by atomic mass is 10.0. The first-order valence-electron chi connectivity index (χ1n) is 18.9. The molecule has 0 unspecified atom stereocenters. The quantitative estimate of drug-likeness (QED) is 0.0368. The van der Waals surface area contributed by atoms with Crippen molar-refractivity contribution in [2.24, 2.45) is 0 Å². The van der Waals surface area contributed by atoms with Crippen LogP contribution in [0.15, 0.2) is 11.6 Å². The lowest BCUT2D eigenvalue weighted by molar-refractivity contribution is -0.156. The van der Waals surface area contributed by atoms with Gasteiger partial charge in [-0.05, 0) is 51.5 Å². The Hall–Kier alpha value is -1.47. The van der Waals surface area contributed by atoms with Crippen LogP contribution >= 0.6 is 0 Å². The summed E-state index contributed by atoms with van der Waals surface area (Å²) >= 11 is 0. The fourth-order valence-electron chi connectivity index (χ4n) is 6.56. The van der Waals surface area contributed by atoms with Crippen LogP contribution in [0, 0.1) is 11.8 Å². The number of hydrogen-bond acceptors (Lipinski definition) is 8. The molecule has 2 aliphatic heterocycles. The van der Waals surface area contributed by atoms with Crippen LogP contribution in [0.2, 0.25) is 0 Å². The van der Waals surface area contributed by atoms with Crippen LogP contribution in [0.5, 0.6) is 0 Å². The summed E-state index contributed by atoms with van der Waals surface area (Å²) < 4.78 is 34.2. The van der Waals surface area contributed by atoms with E-state index in [1.165, 1.54) is 57.8 Å². The molecule has 8 heteroatoms. The summed E-state index contributed by atoms with van der Waals surface area (Å²) in [5.74, 6) is 6.25. The number of esters is 1. The lowest BCUT2D eigenvalue weighted by Gasteiger charge is -2.26. The number of methoxy groups -OCH3 is 2. The SMILES string of the molecule is CCCCCCCCCCCC[C@@H](OCOC)[C@H]1CC[C@H]([C@@H](CC#CC[C@H](O)CCCCCCCC2=C[C@H](C)OC2=O)OCOC)O1. The van der Waals surface area contributed by atoms with Gasteiger partial charge in [-0.3, -0.25) is 0 Å². The van der Waals surface area contributed by atoms with E-state index in [1.54, 1.807) is 14.2 Å². The monoisotopic (exact) mass is 664 g/mol. The maximum absolute atomic E-state index is 11.7. The van der Waals surface area contributed by atoms with Gasteiger partial charge in [-0.25, -0.2) is 4.79 Å². The fraction of sp³-hybridized carbons (Fsp3) is 0.872. The van der Waals surface area contributed by atoms with Gasteiger partial charge in [0, 0.05) is 32.6 Å². The molecule has 1 saturated heterocycles. The molecule has 0 saturated carbocycles. The number of cyclic esters (lactones) is 1. The van der Waals surface area contributed by atoms with Gasteiger partial charge in [-0.2, -0.15) is 0 Å². The first-order chi connectivity index (χ1) is 23.0. The fourth-order valence-corrected chi connectivity index (χ4v) is 6.56. The van der Waals surface area contributed by atoms with E-state index in [-0.39, 0.29) is 50.1 Å². The molecule has 2 aliphatic rings. The lowest BCUT2D eigenvalue weighted by Crippen LogP contribution is -2.34. The Morgan fingerprint density at radius 1 is 0.766 bits per heavy atom. The van der Waals surface area contributed by atoms with E-state index in [0.717, 1.165) is 76.2 Å². The van der Waals surface area contributed by atoms with E-state index in [1.807, 2.05) is 13.0 Å². The molecule has 1 fully saturated rings. The van der Waals surface area contributed by atoms with Gasteiger partial charge in [0.1, 0.15) is 19.7 Å². The molecular weight excluding hydrogens is 596 g/mol. The third-order valence-electron chi connectivity index (χ3n) is 9.30. The first kappa shape index (κ1) is 41.7. The minimum atomic E-state index is -0.419. The zero-order chi connectivity index (χ0) is 34.0. The van der Waals surface area contributed by atoms with E-state index in [2.05, 4.69) is 18.8 Å². The van der Waals surface area contributed by atoms with Crippen LogP contribution in [0.3, 0.4) is 0 Å². The normalized spacial score (nSPS) is 21.3. The van der Waals surface area contributed by atoms with Crippen molar-refractivity contribution in [3.8, 4) is 11.8 Å². The molecule has 2 heterocycles. The second-order valence-electron chi connectivity index (χ2n) is 13.5. The molecule has 272 valence electrons. The third-order valence-corrected chi connectivity index (χ3v) is 9.30. The van der Waals surface area contributed by atoms with E-state index in [0.29, 0.717) is 12.8 Å². The Balaban J connectivity index is 1.65. The molecule has 0 aromatic rings. The summed E-state index contributed by atoms with van der Waals surface area (Å²) in [6, 6.07) is 0. The van der Waals surface area contributed by atoms with Gasteiger partial charge in [0.2, 0.25) is 0 Å². The summed E-state index contributed by atoms with van der Waals surface area (Å²) in [6.45, 7) is 4.64. The molecule has 0 radical (unpaired) electrons. The molecule has 0 bridgehead atoms. The number of unbranched alkanes of at least 4 members (excludes halogenated alkanes) is 13. The molecule has 8 nitrogen and oxygen atoms in total. The highest BCUT2D eigenvalue weighted by atomic mass is 16.7. The Kier molecular flexibility index (Phi) is 24.3. The number of rotatable bonds is 29. The number of carbonyl (C=O) groups is 1. The Morgan fingerprint density at radius 3 is 1.89 bits per heavy atom. The van der Waals surface area contributed by atoms with Crippen molar-refractivity contribution in [1.82, 2.24) is 0 Å². The molecule has 6 atom stereocenters. The van der Waals surface area contributed by atoms with Gasteiger partial charge < -0.3 is 33.5 Å². The van der Waals surface area contributed by atoms with Crippen LogP contribution < -0.4 is 0 Å². The minimum Gasteiger partial charge on any atom is -0.455 e. The Labute approximate surface area is 287 Å². The number of aliphatic hydroxyl groups is 1.